The van der Waals surface area contributed by atoms with Crippen molar-refractivity contribution >= 4 is 5.91 Å². The van der Waals surface area contributed by atoms with Crippen molar-refractivity contribution in [2.24, 2.45) is 5.92 Å². The number of likely N-dealkylation sites (tertiary alicyclic amines) is 1. The van der Waals surface area contributed by atoms with Crippen molar-refractivity contribution in [3.8, 4) is 0 Å². The van der Waals surface area contributed by atoms with Crippen LogP contribution in [0, 0.1) is 5.92 Å². The lowest BCUT2D eigenvalue weighted by Crippen LogP contribution is -2.44. The van der Waals surface area contributed by atoms with Crippen LogP contribution in [-0.4, -0.2) is 53.9 Å². The van der Waals surface area contributed by atoms with Crippen molar-refractivity contribution in [1.82, 2.24) is 10.2 Å². The average Bonchev–Trinajstić information content (AvgIpc) is 2.49. The van der Waals surface area contributed by atoms with Gasteiger partial charge in [0, 0.05) is 25.6 Å². The number of alkyl halides is 3. The number of hydrogen-bond donors (Lipinski definition) is 2. The van der Waals surface area contributed by atoms with Crippen molar-refractivity contribution in [1.29, 1.82) is 0 Å². The van der Waals surface area contributed by atoms with E-state index in [0.29, 0.717) is 25.9 Å². The molecule has 0 unspecified atom stereocenters. The molecule has 0 aromatic heterocycles. The summed E-state index contributed by atoms with van der Waals surface area (Å²) in [4.78, 5) is 13.3. The van der Waals surface area contributed by atoms with E-state index in [1.807, 2.05) is 0 Å². The molecule has 0 spiro atoms. The lowest BCUT2D eigenvalue weighted by molar-refractivity contribution is -0.137. The highest BCUT2D eigenvalue weighted by Crippen LogP contribution is 2.21. The molecule has 1 fully saturated rings. The quantitative estimate of drug-likeness (QED) is 0.827. The monoisotopic (exact) mass is 296 g/mol. The lowest BCUT2D eigenvalue weighted by Gasteiger charge is -2.22. The van der Waals surface area contributed by atoms with Crippen LogP contribution in [0.1, 0.15) is 33.1 Å². The molecule has 1 amide bonds. The number of nitrogens with one attached hydrogen (secondary N) is 1. The molecule has 2 atom stereocenters. The topological polar surface area (TPSA) is 52.6 Å². The van der Waals surface area contributed by atoms with Gasteiger partial charge in [-0.15, -0.1) is 0 Å². The number of amides is 1. The van der Waals surface area contributed by atoms with E-state index in [4.69, 9.17) is 0 Å². The summed E-state index contributed by atoms with van der Waals surface area (Å²) in [5.74, 6) is -0.315. The molecule has 1 aliphatic heterocycles. The van der Waals surface area contributed by atoms with E-state index >= 15 is 0 Å². The van der Waals surface area contributed by atoms with Gasteiger partial charge in [-0.25, -0.2) is 0 Å². The molecule has 1 rings (SSSR count). The van der Waals surface area contributed by atoms with Crippen LogP contribution >= 0.6 is 0 Å². The van der Waals surface area contributed by atoms with Gasteiger partial charge in [0.25, 0.3) is 0 Å². The van der Waals surface area contributed by atoms with E-state index in [0.717, 1.165) is 0 Å². The third-order valence-electron chi connectivity index (χ3n) is 3.53. The van der Waals surface area contributed by atoms with Crippen LogP contribution in [0.15, 0.2) is 0 Å². The molecule has 1 saturated heterocycles. The SMILES string of the molecule is CC(C)C(=O)N[C@H]1CCN(CCC(F)(F)F)CC[C@@H]1O. The van der Waals surface area contributed by atoms with Gasteiger partial charge in [0.05, 0.1) is 18.6 Å². The van der Waals surface area contributed by atoms with Gasteiger partial charge in [-0.2, -0.15) is 13.2 Å². The number of carbonyl (C=O) groups is 1. The number of carbonyl (C=O) groups excluding carboxylic acids is 1. The fourth-order valence-corrected chi connectivity index (χ4v) is 2.17. The number of hydrogen-bond acceptors (Lipinski definition) is 3. The van der Waals surface area contributed by atoms with Crippen molar-refractivity contribution in [3.05, 3.63) is 0 Å². The van der Waals surface area contributed by atoms with E-state index < -0.39 is 18.7 Å². The molecule has 2 N–H and O–H groups in total. The first-order valence-electron chi connectivity index (χ1n) is 6.96. The minimum Gasteiger partial charge on any atom is -0.391 e. The van der Waals surface area contributed by atoms with Gasteiger partial charge in [0.2, 0.25) is 5.91 Å². The number of aliphatic hydroxyl groups excluding tert-OH is 1. The smallest absolute Gasteiger partial charge is 0.390 e. The zero-order chi connectivity index (χ0) is 15.3. The Morgan fingerprint density at radius 3 is 2.50 bits per heavy atom. The standard InChI is InChI=1S/C13H23F3N2O2/c1-9(2)12(20)17-10-3-6-18(7-4-11(10)19)8-5-13(14,15)16/h9-11,19H,3-8H2,1-2H3,(H,17,20)/t10-,11-/m0/s1. The van der Waals surface area contributed by atoms with Gasteiger partial charge in [0.15, 0.2) is 0 Å². The van der Waals surface area contributed by atoms with Crippen molar-refractivity contribution in [3.63, 3.8) is 0 Å². The molecule has 1 aliphatic rings. The molecular formula is C13H23F3N2O2. The van der Waals surface area contributed by atoms with Crippen LogP contribution in [-0.2, 0) is 4.79 Å². The summed E-state index contributed by atoms with van der Waals surface area (Å²) in [6, 6.07) is -0.374. The molecule has 7 heteroatoms. The maximum Gasteiger partial charge on any atom is 0.390 e. The van der Waals surface area contributed by atoms with E-state index in [9.17, 15) is 23.1 Å². The molecule has 0 aliphatic carbocycles. The summed E-state index contributed by atoms with van der Waals surface area (Å²) in [7, 11) is 0. The molecule has 0 aromatic rings. The van der Waals surface area contributed by atoms with Crippen LogP contribution in [0.3, 0.4) is 0 Å². The van der Waals surface area contributed by atoms with Gasteiger partial charge < -0.3 is 15.3 Å². The first kappa shape index (κ1) is 17.2. The van der Waals surface area contributed by atoms with Gasteiger partial charge in [0.1, 0.15) is 0 Å². The number of halogens is 3. The molecule has 20 heavy (non-hydrogen) atoms. The van der Waals surface area contributed by atoms with E-state index in [1.165, 1.54) is 0 Å². The van der Waals surface area contributed by atoms with Crippen molar-refractivity contribution in [2.75, 3.05) is 19.6 Å². The average molecular weight is 296 g/mol. The minimum atomic E-state index is -4.16. The van der Waals surface area contributed by atoms with E-state index in [2.05, 4.69) is 5.32 Å². The van der Waals surface area contributed by atoms with Crippen LogP contribution in [0.4, 0.5) is 13.2 Å². The Morgan fingerprint density at radius 2 is 1.95 bits per heavy atom. The molecule has 1 heterocycles. The maximum absolute atomic E-state index is 12.2. The molecule has 118 valence electrons. The highest BCUT2D eigenvalue weighted by Gasteiger charge is 2.30. The van der Waals surface area contributed by atoms with E-state index in [-0.39, 0.29) is 24.4 Å². The number of nitrogens with zero attached hydrogens (tertiary/aromatic N) is 1. The zero-order valence-electron chi connectivity index (χ0n) is 11.9. The van der Waals surface area contributed by atoms with Crippen LogP contribution in [0.2, 0.25) is 0 Å². The molecule has 0 aromatic carbocycles. The van der Waals surface area contributed by atoms with Crippen LogP contribution < -0.4 is 5.32 Å². The summed E-state index contributed by atoms with van der Waals surface area (Å²) in [6.07, 6.45) is -4.85. The Kier molecular flexibility index (Phi) is 6.26. The van der Waals surface area contributed by atoms with Gasteiger partial charge in [-0.05, 0) is 12.8 Å². The lowest BCUT2D eigenvalue weighted by atomic mass is 10.1. The normalized spacial score (nSPS) is 25.6. The minimum absolute atomic E-state index is 0.0545. The van der Waals surface area contributed by atoms with Gasteiger partial charge >= 0.3 is 6.18 Å². The summed E-state index contributed by atoms with van der Waals surface area (Å²) < 4.78 is 36.6. The summed E-state index contributed by atoms with van der Waals surface area (Å²) >= 11 is 0. The maximum atomic E-state index is 12.2. The second-order valence-corrected chi connectivity index (χ2v) is 5.62. The van der Waals surface area contributed by atoms with E-state index in [1.54, 1.807) is 18.7 Å². The Hall–Kier alpha value is -0.820. The first-order chi connectivity index (χ1) is 9.19. The van der Waals surface area contributed by atoms with Crippen molar-refractivity contribution in [2.45, 2.75) is 51.4 Å². The third kappa shape index (κ3) is 6.09. The third-order valence-corrected chi connectivity index (χ3v) is 3.53. The molecule has 4 nitrogen and oxygen atoms in total. The van der Waals surface area contributed by atoms with Gasteiger partial charge in [-0.3, -0.25) is 4.79 Å². The Morgan fingerprint density at radius 1 is 1.35 bits per heavy atom. The summed E-state index contributed by atoms with van der Waals surface area (Å²) in [6.45, 7) is 4.34. The summed E-state index contributed by atoms with van der Waals surface area (Å²) in [5.41, 5.74) is 0. The predicted octanol–water partition coefficient (Wildman–Crippen LogP) is 1.54. The second kappa shape index (κ2) is 7.26. The molecule has 0 bridgehead atoms. The second-order valence-electron chi connectivity index (χ2n) is 5.62. The zero-order valence-corrected chi connectivity index (χ0v) is 11.9. The molecule has 0 radical (unpaired) electrons. The van der Waals surface area contributed by atoms with Crippen LogP contribution in [0.5, 0.6) is 0 Å². The highest BCUT2D eigenvalue weighted by atomic mass is 19.4. The first-order valence-corrected chi connectivity index (χ1v) is 6.96. The van der Waals surface area contributed by atoms with Crippen LogP contribution in [0.25, 0.3) is 0 Å². The fourth-order valence-electron chi connectivity index (χ4n) is 2.17. The van der Waals surface area contributed by atoms with Crippen molar-refractivity contribution < 1.29 is 23.1 Å². The predicted molar refractivity (Wildman–Crippen MR) is 69.1 cm³/mol. The van der Waals surface area contributed by atoms with Gasteiger partial charge in [-0.1, -0.05) is 13.8 Å². The highest BCUT2D eigenvalue weighted by molar-refractivity contribution is 5.78. The molecular weight excluding hydrogens is 273 g/mol. The number of rotatable bonds is 4. The Labute approximate surface area is 117 Å². The number of aliphatic hydroxyl groups is 1. The summed E-state index contributed by atoms with van der Waals surface area (Å²) in [5, 5.41) is 12.7. The fraction of sp³-hybridized carbons (Fsp3) is 0.923. The largest absolute Gasteiger partial charge is 0.391 e. The Bertz CT molecular complexity index is 321. The molecule has 0 saturated carbocycles. The Balaban J connectivity index is 2.46.